The molecule has 228 valence electrons. The zero-order chi connectivity index (χ0) is 31.1. The lowest BCUT2D eigenvalue weighted by atomic mass is 10.1. The van der Waals surface area contributed by atoms with Crippen LogP contribution in [-0.4, -0.2) is 52.3 Å². The summed E-state index contributed by atoms with van der Waals surface area (Å²) in [6.07, 6.45) is 3.13. The lowest BCUT2D eigenvalue weighted by Crippen LogP contribution is -2.33. The first-order chi connectivity index (χ1) is 20.8. The lowest BCUT2D eigenvalue weighted by Gasteiger charge is -2.17. The van der Waals surface area contributed by atoms with E-state index in [-0.39, 0.29) is 34.2 Å². The van der Waals surface area contributed by atoms with Crippen molar-refractivity contribution in [3.63, 3.8) is 0 Å². The number of aromatic nitrogens is 3. The van der Waals surface area contributed by atoms with E-state index in [9.17, 15) is 14.4 Å². The van der Waals surface area contributed by atoms with Gasteiger partial charge in [-0.15, -0.1) is 0 Å². The summed E-state index contributed by atoms with van der Waals surface area (Å²) in [5.74, 6) is -0.270. The summed E-state index contributed by atoms with van der Waals surface area (Å²) >= 11 is 0. The van der Waals surface area contributed by atoms with Crippen LogP contribution < -0.4 is 25.3 Å². The average Bonchev–Trinajstić information content (AvgIpc) is 2.99. The normalized spacial score (nSPS) is 11.6. The van der Waals surface area contributed by atoms with Crippen molar-refractivity contribution < 1.29 is 28.5 Å². The van der Waals surface area contributed by atoms with Crippen LogP contribution in [0.15, 0.2) is 46.3 Å². The van der Waals surface area contributed by atoms with Gasteiger partial charge in [-0.2, -0.15) is 4.99 Å². The van der Waals surface area contributed by atoms with Gasteiger partial charge < -0.3 is 23.5 Å². The van der Waals surface area contributed by atoms with Crippen LogP contribution in [0.1, 0.15) is 73.7 Å². The lowest BCUT2D eigenvalue weighted by molar-refractivity contribution is 0.0523. The summed E-state index contributed by atoms with van der Waals surface area (Å²) in [7, 11) is 0. The number of aryl methyl sites for hydroxylation is 2. The third kappa shape index (κ3) is 6.40. The van der Waals surface area contributed by atoms with Gasteiger partial charge in [0.05, 0.1) is 31.8 Å². The summed E-state index contributed by atoms with van der Waals surface area (Å²) in [6.45, 7) is 12.6. The minimum atomic E-state index is -0.702. The number of benzene rings is 1. The Morgan fingerprint density at radius 2 is 1.58 bits per heavy atom. The second-order valence-electron chi connectivity index (χ2n) is 9.66. The molecular weight excluding hydrogens is 552 g/mol. The molecule has 0 fully saturated rings. The Morgan fingerprint density at radius 3 is 2.19 bits per heavy atom. The standard InChI is InChI=1S/C32H38N4O7/c1-7-12-15-35-28-22(31(38)36-16-13-14-20(6)27(36)33-28)19-23(32(39)43-11-5)29(35)34-30(37)21-17-24(40-8-2)26(42-10-4)25(18-21)41-9-3/h13-14,16-19H,7-12,15H2,1-6H3. The number of unbranched alkanes of at least 4 members (excludes halogenated alkanes) is 1. The molecule has 4 aromatic rings. The molecule has 4 rings (SSSR count). The number of pyridine rings is 2. The van der Waals surface area contributed by atoms with Crippen LogP contribution in [0.3, 0.4) is 0 Å². The van der Waals surface area contributed by atoms with Crippen molar-refractivity contribution in [2.24, 2.45) is 4.99 Å². The Balaban J connectivity index is 2.08. The minimum absolute atomic E-state index is 0.00805. The quantitative estimate of drug-likeness (QED) is 0.169. The molecule has 0 bridgehead atoms. The first kappa shape index (κ1) is 31.3. The highest BCUT2D eigenvalue weighted by Gasteiger charge is 2.22. The molecule has 0 spiro atoms. The first-order valence-electron chi connectivity index (χ1n) is 14.7. The Kier molecular flexibility index (Phi) is 10.2. The Hall–Kier alpha value is -4.67. The number of carbonyl (C=O) groups is 2. The van der Waals surface area contributed by atoms with Gasteiger partial charge in [0, 0.05) is 18.3 Å². The van der Waals surface area contributed by atoms with Gasteiger partial charge in [-0.25, -0.2) is 9.78 Å². The number of fused-ring (bicyclic) bond motifs is 2. The summed E-state index contributed by atoms with van der Waals surface area (Å²) in [4.78, 5) is 50.1. The molecule has 0 aliphatic rings. The van der Waals surface area contributed by atoms with E-state index in [0.717, 1.165) is 12.0 Å². The molecule has 0 radical (unpaired) electrons. The van der Waals surface area contributed by atoms with E-state index in [1.807, 2.05) is 40.7 Å². The molecule has 1 aromatic carbocycles. The largest absolute Gasteiger partial charge is 0.490 e. The van der Waals surface area contributed by atoms with Crippen LogP contribution in [0, 0.1) is 6.92 Å². The zero-order valence-electron chi connectivity index (χ0n) is 25.6. The second kappa shape index (κ2) is 14.0. The average molecular weight is 591 g/mol. The van der Waals surface area contributed by atoms with Gasteiger partial charge >= 0.3 is 5.97 Å². The van der Waals surface area contributed by atoms with Crippen molar-refractivity contribution in [3.05, 3.63) is 69.1 Å². The fourth-order valence-corrected chi connectivity index (χ4v) is 4.77. The van der Waals surface area contributed by atoms with Crippen LogP contribution in [-0.2, 0) is 11.3 Å². The van der Waals surface area contributed by atoms with Crippen molar-refractivity contribution in [2.75, 3.05) is 26.4 Å². The van der Waals surface area contributed by atoms with Crippen molar-refractivity contribution >= 4 is 28.6 Å². The minimum Gasteiger partial charge on any atom is -0.490 e. The van der Waals surface area contributed by atoms with E-state index in [0.29, 0.717) is 61.3 Å². The Labute approximate surface area is 249 Å². The Bertz CT molecular complexity index is 1760. The first-order valence-corrected chi connectivity index (χ1v) is 14.7. The molecule has 0 N–H and O–H groups in total. The van der Waals surface area contributed by atoms with Crippen LogP contribution >= 0.6 is 0 Å². The van der Waals surface area contributed by atoms with Gasteiger partial charge in [0.15, 0.2) is 17.0 Å². The number of carbonyl (C=O) groups excluding carboxylic acids is 2. The molecule has 3 heterocycles. The molecule has 0 saturated carbocycles. The van der Waals surface area contributed by atoms with E-state index >= 15 is 0 Å². The van der Waals surface area contributed by atoms with E-state index in [2.05, 4.69) is 4.99 Å². The van der Waals surface area contributed by atoms with Crippen LogP contribution in [0.2, 0.25) is 0 Å². The summed E-state index contributed by atoms with van der Waals surface area (Å²) in [5, 5.41) is 0.215. The molecule has 0 atom stereocenters. The van der Waals surface area contributed by atoms with Crippen molar-refractivity contribution in [1.82, 2.24) is 14.0 Å². The highest BCUT2D eigenvalue weighted by molar-refractivity contribution is 5.98. The SMILES string of the molecule is CCCCn1c(=NC(=O)c2cc(OCC)c(OCC)c(OCC)c2)c(C(=O)OCC)cc2c(=O)n3cccc(C)c3nc21. The van der Waals surface area contributed by atoms with E-state index < -0.39 is 11.9 Å². The van der Waals surface area contributed by atoms with Crippen molar-refractivity contribution in [1.29, 1.82) is 0 Å². The number of esters is 1. The maximum absolute atomic E-state index is 13.9. The number of nitrogens with zero attached hydrogens (tertiary/aromatic N) is 4. The van der Waals surface area contributed by atoms with Gasteiger partial charge in [-0.05, 0) is 70.9 Å². The Morgan fingerprint density at radius 1 is 0.907 bits per heavy atom. The van der Waals surface area contributed by atoms with E-state index in [1.54, 1.807) is 35.9 Å². The number of rotatable bonds is 12. The maximum atomic E-state index is 13.9. The number of ether oxygens (including phenoxy) is 4. The smallest absolute Gasteiger partial charge is 0.341 e. The van der Waals surface area contributed by atoms with Gasteiger partial charge in [0.2, 0.25) is 5.75 Å². The summed E-state index contributed by atoms with van der Waals surface area (Å²) < 4.78 is 25.8. The van der Waals surface area contributed by atoms with Gasteiger partial charge in [-0.1, -0.05) is 19.4 Å². The maximum Gasteiger partial charge on any atom is 0.341 e. The number of amides is 1. The zero-order valence-corrected chi connectivity index (χ0v) is 25.6. The molecule has 0 unspecified atom stereocenters. The number of hydrogen-bond donors (Lipinski definition) is 0. The van der Waals surface area contributed by atoms with Crippen LogP contribution in [0.25, 0.3) is 16.7 Å². The van der Waals surface area contributed by atoms with Crippen molar-refractivity contribution in [3.8, 4) is 17.2 Å². The van der Waals surface area contributed by atoms with Gasteiger partial charge in [0.1, 0.15) is 16.9 Å². The van der Waals surface area contributed by atoms with Crippen LogP contribution in [0.5, 0.6) is 17.2 Å². The highest BCUT2D eigenvalue weighted by Crippen LogP contribution is 2.39. The third-order valence-corrected chi connectivity index (χ3v) is 6.70. The molecule has 43 heavy (non-hydrogen) atoms. The molecule has 3 aromatic heterocycles. The molecule has 0 aliphatic carbocycles. The molecule has 1 amide bonds. The molecule has 11 heteroatoms. The number of hydrogen-bond acceptors (Lipinski definition) is 8. The highest BCUT2D eigenvalue weighted by atomic mass is 16.5. The monoisotopic (exact) mass is 590 g/mol. The van der Waals surface area contributed by atoms with Crippen LogP contribution in [0.4, 0.5) is 0 Å². The fourth-order valence-electron chi connectivity index (χ4n) is 4.77. The molecule has 0 saturated heterocycles. The fraction of sp³-hybridized carbons (Fsp3) is 0.406. The van der Waals surface area contributed by atoms with Gasteiger partial charge in [0.25, 0.3) is 11.5 Å². The predicted octanol–water partition coefficient (Wildman–Crippen LogP) is 4.87. The van der Waals surface area contributed by atoms with E-state index in [1.165, 1.54) is 10.5 Å². The molecule has 11 nitrogen and oxygen atoms in total. The summed E-state index contributed by atoms with van der Waals surface area (Å²) in [6, 6.07) is 8.14. The van der Waals surface area contributed by atoms with E-state index in [4.69, 9.17) is 23.9 Å². The topological polar surface area (TPSA) is 123 Å². The second-order valence-corrected chi connectivity index (χ2v) is 9.66. The molecule has 0 aliphatic heterocycles. The predicted molar refractivity (Wildman–Crippen MR) is 162 cm³/mol. The summed E-state index contributed by atoms with van der Waals surface area (Å²) in [5.41, 5.74) is 1.48. The van der Waals surface area contributed by atoms with Gasteiger partial charge in [-0.3, -0.25) is 14.0 Å². The molecular formula is C32H38N4O7. The third-order valence-electron chi connectivity index (χ3n) is 6.70. The van der Waals surface area contributed by atoms with Crippen molar-refractivity contribution in [2.45, 2.75) is 60.9 Å².